The highest BCUT2D eigenvalue weighted by Gasteiger charge is 2.33. The number of rotatable bonds is 4. The molecule has 1 fully saturated rings. The van der Waals surface area contributed by atoms with Crippen molar-refractivity contribution in [2.24, 2.45) is 5.92 Å². The Labute approximate surface area is 180 Å². The number of anilines is 3. The zero-order chi connectivity index (χ0) is 20.7. The van der Waals surface area contributed by atoms with Crippen molar-refractivity contribution >= 4 is 46.2 Å². The van der Waals surface area contributed by atoms with Gasteiger partial charge in [0.25, 0.3) is 0 Å². The van der Waals surface area contributed by atoms with E-state index in [1.54, 1.807) is 18.1 Å². The Kier molecular flexibility index (Phi) is 4.98. The number of thioether (sulfide) groups is 1. The first-order valence-electron chi connectivity index (χ1n) is 10.4. The number of aromatic nitrogens is 3. The van der Waals surface area contributed by atoms with Crippen molar-refractivity contribution in [3.63, 3.8) is 0 Å². The molecular formula is C23H26N6S. The summed E-state index contributed by atoms with van der Waals surface area (Å²) < 4.78 is 0. The van der Waals surface area contributed by atoms with Crippen LogP contribution in [0.25, 0.3) is 17.0 Å². The minimum atomic E-state index is 0.526. The quantitative estimate of drug-likeness (QED) is 0.615. The minimum Gasteiger partial charge on any atom is -0.383 e. The summed E-state index contributed by atoms with van der Waals surface area (Å²) in [5, 5.41) is 1.13. The van der Waals surface area contributed by atoms with Gasteiger partial charge in [-0.15, -0.1) is 11.8 Å². The topological polar surface area (TPSA) is 94.0 Å². The summed E-state index contributed by atoms with van der Waals surface area (Å²) in [5.41, 5.74) is 15.3. The van der Waals surface area contributed by atoms with Crippen molar-refractivity contribution in [1.82, 2.24) is 15.0 Å². The van der Waals surface area contributed by atoms with Crippen LogP contribution in [-0.4, -0.2) is 33.8 Å². The maximum atomic E-state index is 6.07. The fraction of sp³-hybridized carbons (Fsp3) is 0.348. The van der Waals surface area contributed by atoms with Gasteiger partial charge < -0.3 is 16.4 Å². The summed E-state index contributed by atoms with van der Waals surface area (Å²) in [6.45, 7) is 0.995. The molecule has 1 aromatic carbocycles. The lowest BCUT2D eigenvalue weighted by Crippen LogP contribution is -2.32. The monoisotopic (exact) mass is 418 g/mol. The molecule has 0 spiro atoms. The lowest BCUT2D eigenvalue weighted by atomic mass is 10.0. The number of nitrogens with two attached hydrogens (primary N) is 2. The molecule has 154 valence electrons. The molecule has 0 radical (unpaired) electrons. The van der Waals surface area contributed by atoms with Crippen LogP contribution in [0.4, 0.5) is 17.5 Å². The number of nitrogens with zero attached hydrogens (tertiary/aromatic N) is 4. The van der Waals surface area contributed by atoms with Crippen LogP contribution >= 0.6 is 11.8 Å². The Morgan fingerprint density at radius 3 is 2.90 bits per heavy atom. The molecule has 4 N–H and O–H groups in total. The van der Waals surface area contributed by atoms with E-state index in [9.17, 15) is 0 Å². The van der Waals surface area contributed by atoms with Gasteiger partial charge in [-0.05, 0) is 55.6 Å². The average molecular weight is 419 g/mol. The van der Waals surface area contributed by atoms with Gasteiger partial charge in [0.2, 0.25) is 0 Å². The molecule has 2 aliphatic rings. The van der Waals surface area contributed by atoms with Gasteiger partial charge in [0.05, 0.1) is 5.52 Å². The van der Waals surface area contributed by atoms with Crippen LogP contribution < -0.4 is 16.4 Å². The van der Waals surface area contributed by atoms with E-state index in [-0.39, 0.29) is 0 Å². The molecule has 0 saturated heterocycles. The second-order valence-electron chi connectivity index (χ2n) is 8.12. The molecule has 2 atom stereocenters. The molecule has 1 aliphatic heterocycles. The SMILES string of the molecule is CSc1cc2ccc(/C=C/C3CCC(N4CCc5c(N)ncnc54)C3)cc2nc1N. The van der Waals surface area contributed by atoms with Crippen LogP contribution in [0.2, 0.25) is 0 Å². The lowest BCUT2D eigenvalue weighted by molar-refractivity contribution is 0.599. The van der Waals surface area contributed by atoms with Crippen LogP contribution in [0, 0.1) is 5.92 Å². The van der Waals surface area contributed by atoms with Crippen LogP contribution in [0.1, 0.15) is 30.4 Å². The number of nitrogen functional groups attached to an aromatic ring is 2. The van der Waals surface area contributed by atoms with Gasteiger partial charge >= 0.3 is 0 Å². The molecule has 6 nitrogen and oxygen atoms in total. The third-order valence-electron chi connectivity index (χ3n) is 6.33. The van der Waals surface area contributed by atoms with Crippen molar-refractivity contribution in [3.05, 3.63) is 47.8 Å². The molecule has 7 heteroatoms. The van der Waals surface area contributed by atoms with Gasteiger partial charge in [0.15, 0.2) is 0 Å². The predicted molar refractivity (Wildman–Crippen MR) is 126 cm³/mol. The third kappa shape index (κ3) is 3.47. The second-order valence-corrected chi connectivity index (χ2v) is 8.97. The van der Waals surface area contributed by atoms with E-state index in [2.05, 4.69) is 56.3 Å². The highest BCUT2D eigenvalue weighted by Crippen LogP contribution is 2.38. The Hall–Kier alpha value is -2.80. The highest BCUT2D eigenvalue weighted by atomic mass is 32.2. The molecule has 0 amide bonds. The fourth-order valence-corrected chi connectivity index (χ4v) is 5.24. The largest absolute Gasteiger partial charge is 0.383 e. The first-order chi connectivity index (χ1) is 14.6. The maximum absolute atomic E-state index is 6.07. The van der Waals surface area contributed by atoms with Crippen LogP contribution in [0.5, 0.6) is 0 Å². The first kappa shape index (κ1) is 19.2. The van der Waals surface area contributed by atoms with Gasteiger partial charge in [-0.2, -0.15) is 0 Å². The van der Waals surface area contributed by atoms with E-state index < -0.39 is 0 Å². The Morgan fingerprint density at radius 1 is 1.13 bits per heavy atom. The van der Waals surface area contributed by atoms with Gasteiger partial charge in [-0.25, -0.2) is 15.0 Å². The normalized spacial score (nSPS) is 21.0. The van der Waals surface area contributed by atoms with E-state index in [0.29, 0.717) is 23.6 Å². The van der Waals surface area contributed by atoms with Crippen LogP contribution in [-0.2, 0) is 6.42 Å². The molecule has 2 aromatic heterocycles. The van der Waals surface area contributed by atoms with Crippen LogP contribution in [0.3, 0.4) is 0 Å². The molecule has 3 heterocycles. The number of pyridine rings is 1. The van der Waals surface area contributed by atoms with E-state index in [4.69, 9.17) is 11.5 Å². The molecule has 1 aliphatic carbocycles. The van der Waals surface area contributed by atoms with Crippen molar-refractivity contribution in [1.29, 1.82) is 0 Å². The van der Waals surface area contributed by atoms with Crippen molar-refractivity contribution in [3.8, 4) is 0 Å². The minimum absolute atomic E-state index is 0.526. The summed E-state index contributed by atoms with van der Waals surface area (Å²) in [7, 11) is 0. The smallest absolute Gasteiger partial charge is 0.137 e. The molecule has 3 aromatic rings. The lowest BCUT2D eigenvalue weighted by Gasteiger charge is -2.25. The molecular weight excluding hydrogens is 392 g/mol. The van der Waals surface area contributed by atoms with E-state index in [1.165, 1.54) is 18.4 Å². The summed E-state index contributed by atoms with van der Waals surface area (Å²) in [5.74, 6) is 2.85. The maximum Gasteiger partial charge on any atom is 0.137 e. The van der Waals surface area contributed by atoms with E-state index in [1.807, 2.05) is 6.26 Å². The summed E-state index contributed by atoms with van der Waals surface area (Å²) in [6, 6.07) is 9.04. The zero-order valence-corrected chi connectivity index (χ0v) is 17.9. The number of allylic oxidation sites excluding steroid dienone is 1. The molecule has 5 rings (SSSR count). The number of fused-ring (bicyclic) bond motifs is 2. The fourth-order valence-electron chi connectivity index (χ4n) is 4.74. The van der Waals surface area contributed by atoms with Gasteiger partial charge in [0.1, 0.15) is 23.8 Å². The van der Waals surface area contributed by atoms with Crippen LogP contribution in [0.15, 0.2) is 41.6 Å². The van der Waals surface area contributed by atoms with Gasteiger partial charge in [0, 0.05) is 28.4 Å². The first-order valence-corrected chi connectivity index (χ1v) is 11.6. The summed E-state index contributed by atoms with van der Waals surface area (Å²) >= 11 is 1.63. The van der Waals surface area contributed by atoms with Crippen molar-refractivity contribution < 1.29 is 0 Å². The van der Waals surface area contributed by atoms with Gasteiger partial charge in [-0.1, -0.05) is 24.3 Å². The molecule has 30 heavy (non-hydrogen) atoms. The standard InChI is InChI=1S/C23H26N6S/c1-30-20-12-16-6-4-15(11-19(16)28-22(20)25)3-2-14-5-7-17(10-14)29-9-8-18-21(24)26-13-27-23(18)29/h2-4,6,11-14,17H,5,7-10H2,1H3,(H2,25,28)(H2,24,26,27)/b3-2+. The highest BCUT2D eigenvalue weighted by molar-refractivity contribution is 7.98. The molecule has 0 bridgehead atoms. The average Bonchev–Trinajstić information content (AvgIpc) is 3.39. The number of hydrogen-bond acceptors (Lipinski definition) is 7. The van der Waals surface area contributed by atoms with Gasteiger partial charge in [-0.3, -0.25) is 0 Å². The van der Waals surface area contributed by atoms with E-state index >= 15 is 0 Å². The zero-order valence-electron chi connectivity index (χ0n) is 17.1. The molecule has 1 saturated carbocycles. The third-order valence-corrected chi connectivity index (χ3v) is 7.10. The Morgan fingerprint density at radius 2 is 2.03 bits per heavy atom. The van der Waals surface area contributed by atoms with Crippen molar-refractivity contribution in [2.45, 2.75) is 36.6 Å². The molecule has 2 unspecified atom stereocenters. The van der Waals surface area contributed by atoms with Crippen molar-refractivity contribution in [2.75, 3.05) is 29.2 Å². The Bertz CT molecular complexity index is 1130. The number of hydrogen-bond donors (Lipinski definition) is 2. The number of benzene rings is 1. The summed E-state index contributed by atoms with van der Waals surface area (Å²) in [6.07, 6.45) is 12.7. The predicted octanol–water partition coefficient (Wildman–Crippen LogP) is 4.16. The summed E-state index contributed by atoms with van der Waals surface area (Å²) in [4.78, 5) is 16.7. The second kappa shape index (κ2) is 7.80. The van der Waals surface area contributed by atoms with E-state index in [0.717, 1.165) is 46.6 Å². The Balaban J connectivity index is 1.29.